The van der Waals surface area contributed by atoms with E-state index in [2.05, 4.69) is 0 Å². The molecule has 1 unspecified atom stereocenters. The van der Waals surface area contributed by atoms with Crippen molar-refractivity contribution in [3.05, 3.63) is 29.8 Å². The molecule has 1 atom stereocenters. The van der Waals surface area contributed by atoms with E-state index in [9.17, 15) is 4.79 Å². The van der Waals surface area contributed by atoms with Crippen molar-refractivity contribution in [2.75, 3.05) is 32.2 Å². The highest BCUT2D eigenvalue weighted by Crippen LogP contribution is 2.20. The van der Waals surface area contributed by atoms with Crippen LogP contribution in [0.2, 0.25) is 0 Å². The molecule has 3 heteroatoms. The first-order chi connectivity index (χ1) is 8.18. The molecule has 1 aromatic carbocycles. The molecule has 17 heavy (non-hydrogen) atoms. The zero-order valence-corrected chi connectivity index (χ0v) is 10.5. The van der Waals surface area contributed by atoms with E-state index in [4.69, 9.17) is 4.74 Å². The second-order valence-electron chi connectivity index (χ2n) is 4.72. The summed E-state index contributed by atoms with van der Waals surface area (Å²) in [5, 5.41) is 0. The fraction of sp³-hybridized carbons (Fsp3) is 0.500. The lowest BCUT2D eigenvalue weighted by Crippen LogP contribution is -2.25. The SMILES string of the molecule is CN(C)c1ccc(C(=O)C2CCCOC2)cc1. The molecule has 1 fully saturated rings. The van der Waals surface area contributed by atoms with Gasteiger partial charge >= 0.3 is 0 Å². The Morgan fingerprint density at radius 2 is 2.00 bits per heavy atom. The smallest absolute Gasteiger partial charge is 0.168 e. The number of rotatable bonds is 3. The third kappa shape index (κ3) is 2.86. The highest BCUT2D eigenvalue weighted by Gasteiger charge is 2.22. The Hall–Kier alpha value is -1.35. The zero-order chi connectivity index (χ0) is 12.3. The molecule has 1 aromatic rings. The van der Waals surface area contributed by atoms with Gasteiger partial charge in [0.05, 0.1) is 6.61 Å². The number of hydrogen-bond donors (Lipinski definition) is 0. The second-order valence-corrected chi connectivity index (χ2v) is 4.72. The van der Waals surface area contributed by atoms with Crippen LogP contribution in [0.15, 0.2) is 24.3 Å². The number of carbonyl (C=O) groups excluding carboxylic acids is 1. The molecule has 1 heterocycles. The number of hydrogen-bond acceptors (Lipinski definition) is 3. The van der Waals surface area contributed by atoms with Gasteiger partial charge in [-0.1, -0.05) is 0 Å². The molecule has 0 spiro atoms. The van der Waals surface area contributed by atoms with E-state index in [1.165, 1.54) is 0 Å². The number of benzene rings is 1. The molecule has 1 saturated heterocycles. The normalized spacial score (nSPS) is 20.0. The number of ether oxygens (including phenoxy) is 1. The third-order valence-corrected chi connectivity index (χ3v) is 3.20. The summed E-state index contributed by atoms with van der Waals surface area (Å²) in [4.78, 5) is 14.2. The van der Waals surface area contributed by atoms with Gasteiger partial charge < -0.3 is 9.64 Å². The van der Waals surface area contributed by atoms with Gasteiger partial charge in [0, 0.05) is 37.9 Å². The van der Waals surface area contributed by atoms with Crippen LogP contribution in [0.4, 0.5) is 5.69 Å². The van der Waals surface area contributed by atoms with Gasteiger partial charge in [0.25, 0.3) is 0 Å². The lowest BCUT2D eigenvalue weighted by molar-refractivity contribution is 0.0461. The Balaban J connectivity index is 2.08. The lowest BCUT2D eigenvalue weighted by Gasteiger charge is -2.21. The van der Waals surface area contributed by atoms with Crippen molar-refractivity contribution in [3.63, 3.8) is 0 Å². The van der Waals surface area contributed by atoms with Gasteiger partial charge in [0.1, 0.15) is 0 Å². The van der Waals surface area contributed by atoms with Crippen molar-refractivity contribution in [1.82, 2.24) is 0 Å². The first kappa shape index (κ1) is 12.1. The minimum absolute atomic E-state index is 0.0500. The number of carbonyl (C=O) groups is 1. The monoisotopic (exact) mass is 233 g/mol. The predicted molar refractivity (Wildman–Crippen MR) is 68.6 cm³/mol. The largest absolute Gasteiger partial charge is 0.381 e. The summed E-state index contributed by atoms with van der Waals surface area (Å²) in [6.07, 6.45) is 1.94. The number of anilines is 1. The summed E-state index contributed by atoms with van der Waals surface area (Å²) >= 11 is 0. The molecule has 92 valence electrons. The van der Waals surface area contributed by atoms with Crippen LogP contribution >= 0.6 is 0 Å². The molecule has 0 bridgehead atoms. The van der Waals surface area contributed by atoms with Crippen LogP contribution in [0.1, 0.15) is 23.2 Å². The lowest BCUT2D eigenvalue weighted by atomic mass is 9.92. The average Bonchev–Trinajstić information content (AvgIpc) is 2.39. The molecule has 0 saturated carbocycles. The van der Waals surface area contributed by atoms with E-state index < -0.39 is 0 Å². The van der Waals surface area contributed by atoms with Crippen molar-refractivity contribution in [3.8, 4) is 0 Å². The van der Waals surface area contributed by atoms with Gasteiger partial charge in [-0.2, -0.15) is 0 Å². The summed E-state index contributed by atoms with van der Waals surface area (Å²) in [7, 11) is 3.98. The van der Waals surface area contributed by atoms with E-state index in [1.807, 2.05) is 43.3 Å². The number of ketones is 1. The standard InChI is InChI=1S/C14H19NO2/c1-15(2)13-7-5-11(6-8-13)14(16)12-4-3-9-17-10-12/h5-8,12H,3-4,9-10H2,1-2H3. The van der Waals surface area contributed by atoms with Crippen LogP contribution in [0.3, 0.4) is 0 Å². The molecular formula is C14H19NO2. The predicted octanol–water partition coefficient (Wildman–Crippen LogP) is 2.36. The van der Waals surface area contributed by atoms with E-state index in [-0.39, 0.29) is 11.7 Å². The molecule has 0 radical (unpaired) electrons. The Bertz CT molecular complexity index is 378. The fourth-order valence-corrected chi connectivity index (χ4v) is 2.11. The van der Waals surface area contributed by atoms with Crippen LogP contribution in [-0.2, 0) is 4.74 Å². The summed E-state index contributed by atoms with van der Waals surface area (Å²) in [6, 6.07) is 7.78. The van der Waals surface area contributed by atoms with Crippen molar-refractivity contribution in [1.29, 1.82) is 0 Å². The Morgan fingerprint density at radius 3 is 2.53 bits per heavy atom. The molecule has 3 nitrogen and oxygen atoms in total. The van der Waals surface area contributed by atoms with Crippen LogP contribution in [0, 0.1) is 5.92 Å². The first-order valence-electron chi connectivity index (χ1n) is 6.08. The summed E-state index contributed by atoms with van der Waals surface area (Å²) in [5.74, 6) is 0.268. The van der Waals surface area contributed by atoms with Crippen LogP contribution in [-0.4, -0.2) is 33.1 Å². The fourth-order valence-electron chi connectivity index (χ4n) is 2.11. The minimum Gasteiger partial charge on any atom is -0.381 e. The summed E-state index contributed by atoms with van der Waals surface area (Å²) < 4.78 is 5.36. The Kier molecular flexibility index (Phi) is 3.79. The van der Waals surface area contributed by atoms with Crippen LogP contribution in [0.5, 0.6) is 0 Å². The van der Waals surface area contributed by atoms with Gasteiger partial charge in [-0.3, -0.25) is 4.79 Å². The van der Waals surface area contributed by atoms with Crippen LogP contribution < -0.4 is 4.90 Å². The Morgan fingerprint density at radius 1 is 1.29 bits per heavy atom. The average molecular weight is 233 g/mol. The van der Waals surface area contributed by atoms with Crippen molar-refractivity contribution in [2.24, 2.45) is 5.92 Å². The highest BCUT2D eigenvalue weighted by molar-refractivity contribution is 5.98. The van der Waals surface area contributed by atoms with Gasteiger partial charge in [-0.15, -0.1) is 0 Å². The van der Waals surface area contributed by atoms with Gasteiger partial charge in [-0.25, -0.2) is 0 Å². The topological polar surface area (TPSA) is 29.5 Å². The van der Waals surface area contributed by atoms with Crippen molar-refractivity contribution < 1.29 is 9.53 Å². The molecule has 0 N–H and O–H groups in total. The summed E-state index contributed by atoms with van der Waals surface area (Å²) in [6.45, 7) is 1.37. The highest BCUT2D eigenvalue weighted by atomic mass is 16.5. The number of nitrogens with zero attached hydrogens (tertiary/aromatic N) is 1. The van der Waals surface area contributed by atoms with Crippen molar-refractivity contribution in [2.45, 2.75) is 12.8 Å². The molecule has 1 aliphatic heterocycles. The Labute approximate surface area is 102 Å². The van der Waals surface area contributed by atoms with Gasteiger partial charge in [0.15, 0.2) is 5.78 Å². The molecule has 0 aliphatic carbocycles. The van der Waals surface area contributed by atoms with E-state index in [0.717, 1.165) is 30.7 Å². The zero-order valence-electron chi connectivity index (χ0n) is 10.5. The summed E-state index contributed by atoms with van der Waals surface area (Å²) in [5.41, 5.74) is 1.91. The first-order valence-corrected chi connectivity index (χ1v) is 6.08. The molecular weight excluding hydrogens is 214 g/mol. The van der Waals surface area contributed by atoms with E-state index in [0.29, 0.717) is 6.61 Å². The molecule has 1 aliphatic rings. The molecule has 0 aromatic heterocycles. The maximum absolute atomic E-state index is 12.2. The quantitative estimate of drug-likeness (QED) is 0.751. The maximum atomic E-state index is 12.2. The van der Waals surface area contributed by atoms with E-state index in [1.54, 1.807) is 0 Å². The number of Topliss-reactive ketones (excluding diaryl/α,β-unsaturated/α-hetero) is 1. The third-order valence-electron chi connectivity index (χ3n) is 3.20. The minimum atomic E-state index is 0.0500. The van der Waals surface area contributed by atoms with Crippen molar-refractivity contribution >= 4 is 11.5 Å². The van der Waals surface area contributed by atoms with Gasteiger partial charge in [-0.05, 0) is 37.1 Å². The van der Waals surface area contributed by atoms with Crippen LogP contribution in [0.25, 0.3) is 0 Å². The van der Waals surface area contributed by atoms with Gasteiger partial charge in [0.2, 0.25) is 0 Å². The maximum Gasteiger partial charge on any atom is 0.168 e. The molecule has 0 amide bonds. The van der Waals surface area contributed by atoms with E-state index >= 15 is 0 Å². The second kappa shape index (κ2) is 5.32. The molecule has 2 rings (SSSR count).